The first kappa shape index (κ1) is 19.0. The summed E-state index contributed by atoms with van der Waals surface area (Å²) in [5, 5.41) is 11.5. The van der Waals surface area contributed by atoms with Gasteiger partial charge >= 0.3 is 0 Å². The van der Waals surface area contributed by atoms with Gasteiger partial charge in [0.05, 0.1) is 5.56 Å². The number of carbonyl (C=O) groups excluding carboxylic acids is 2. The van der Waals surface area contributed by atoms with Crippen LogP contribution in [0.15, 0.2) is 59.5 Å². The molecular weight excluding hydrogens is 338 g/mol. The summed E-state index contributed by atoms with van der Waals surface area (Å²) in [7, 11) is 0. The fourth-order valence-electron chi connectivity index (χ4n) is 2.36. The molecule has 0 aliphatic carbocycles. The number of benzene rings is 2. The lowest BCUT2D eigenvalue weighted by atomic mass is 10.2. The zero-order valence-corrected chi connectivity index (χ0v) is 14.6. The van der Waals surface area contributed by atoms with Gasteiger partial charge in [-0.05, 0) is 24.3 Å². The van der Waals surface area contributed by atoms with Gasteiger partial charge in [0.2, 0.25) is 0 Å². The summed E-state index contributed by atoms with van der Waals surface area (Å²) >= 11 is 4.02. The molecule has 25 heavy (non-hydrogen) atoms. The fourth-order valence-corrected chi connectivity index (χ4v) is 2.62. The van der Waals surface area contributed by atoms with Gasteiger partial charge in [-0.25, -0.2) is 5.48 Å². The molecule has 3 rings (SSSR count). The van der Waals surface area contributed by atoms with E-state index in [1.54, 1.807) is 24.3 Å². The topological polar surface area (TPSA) is 81.7 Å². The van der Waals surface area contributed by atoms with Crippen LogP contribution in [0.4, 0.5) is 0 Å². The second-order valence-electron chi connectivity index (χ2n) is 5.37. The number of carbonyl (C=O) groups is 2. The van der Waals surface area contributed by atoms with Gasteiger partial charge in [0.15, 0.2) is 0 Å². The molecular formula is C18H21N3O3S. The number of rotatable bonds is 2. The number of hydrogen-bond donors (Lipinski definition) is 4. The molecule has 6 nitrogen and oxygen atoms in total. The van der Waals surface area contributed by atoms with Crippen molar-refractivity contribution < 1.29 is 14.8 Å². The third-order valence-electron chi connectivity index (χ3n) is 3.68. The summed E-state index contributed by atoms with van der Waals surface area (Å²) in [5.74, 6) is -0.400. The molecule has 7 heteroatoms. The first-order chi connectivity index (χ1) is 12.1. The molecule has 0 atom stereocenters. The van der Waals surface area contributed by atoms with Crippen LogP contribution in [0.5, 0.6) is 0 Å². The van der Waals surface area contributed by atoms with E-state index in [1.165, 1.54) is 5.48 Å². The SMILES string of the molecule is O=C(NO)c1ccccc1S.O=C(c1ccccc1)N1CCNCC1. The molecule has 132 valence electrons. The maximum absolute atomic E-state index is 11.9. The van der Waals surface area contributed by atoms with Crippen molar-refractivity contribution in [2.24, 2.45) is 0 Å². The maximum Gasteiger partial charge on any atom is 0.275 e. The largest absolute Gasteiger partial charge is 0.336 e. The van der Waals surface area contributed by atoms with Crippen LogP contribution in [-0.4, -0.2) is 48.1 Å². The van der Waals surface area contributed by atoms with Crippen LogP contribution < -0.4 is 10.8 Å². The van der Waals surface area contributed by atoms with Crippen LogP contribution in [-0.2, 0) is 0 Å². The van der Waals surface area contributed by atoms with Crippen molar-refractivity contribution in [1.82, 2.24) is 15.7 Å². The molecule has 3 N–H and O–H groups in total. The monoisotopic (exact) mass is 359 g/mol. The standard InChI is InChI=1S/C11H14N2O.C7H7NO2S/c14-11(10-4-2-1-3-5-10)13-8-6-12-7-9-13;9-7(8-10)5-3-1-2-4-6(5)11/h1-5,12H,6-9H2;1-4,10-11H,(H,8,9). The second-order valence-corrected chi connectivity index (χ2v) is 5.85. The van der Waals surface area contributed by atoms with E-state index in [2.05, 4.69) is 17.9 Å². The minimum Gasteiger partial charge on any atom is -0.336 e. The fraction of sp³-hybridized carbons (Fsp3) is 0.222. The Kier molecular flexibility index (Phi) is 7.46. The molecule has 1 aliphatic heterocycles. The van der Waals surface area contributed by atoms with Gasteiger partial charge in [-0.2, -0.15) is 0 Å². The number of hydroxylamine groups is 1. The van der Waals surface area contributed by atoms with Crippen LogP contribution in [0.1, 0.15) is 20.7 Å². The van der Waals surface area contributed by atoms with Crippen LogP contribution in [0, 0.1) is 0 Å². The summed E-state index contributed by atoms with van der Waals surface area (Å²) in [6, 6.07) is 16.2. The third kappa shape index (κ3) is 5.60. The highest BCUT2D eigenvalue weighted by molar-refractivity contribution is 7.80. The normalized spacial score (nSPS) is 13.4. The highest BCUT2D eigenvalue weighted by Gasteiger charge is 2.16. The van der Waals surface area contributed by atoms with E-state index in [4.69, 9.17) is 5.21 Å². The number of nitrogens with one attached hydrogen (secondary N) is 2. The molecule has 0 radical (unpaired) electrons. The Morgan fingerprint density at radius 3 is 2.20 bits per heavy atom. The lowest BCUT2D eigenvalue weighted by molar-refractivity contribution is 0.0702. The quantitative estimate of drug-likeness (QED) is 0.375. The van der Waals surface area contributed by atoms with Gasteiger partial charge in [0.1, 0.15) is 0 Å². The third-order valence-corrected chi connectivity index (χ3v) is 4.07. The molecule has 0 unspecified atom stereocenters. The summed E-state index contributed by atoms with van der Waals surface area (Å²) in [6.45, 7) is 3.43. The Morgan fingerprint density at radius 1 is 1.00 bits per heavy atom. The number of thiol groups is 1. The summed E-state index contributed by atoms with van der Waals surface area (Å²) in [4.78, 5) is 25.2. The molecule has 2 aromatic carbocycles. The van der Waals surface area contributed by atoms with Crippen molar-refractivity contribution in [3.8, 4) is 0 Å². The van der Waals surface area contributed by atoms with Crippen molar-refractivity contribution in [2.45, 2.75) is 4.90 Å². The number of nitrogens with zero attached hydrogens (tertiary/aromatic N) is 1. The van der Waals surface area contributed by atoms with E-state index in [-0.39, 0.29) is 5.91 Å². The lowest BCUT2D eigenvalue weighted by Gasteiger charge is -2.27. The Labute approximate surface area is 152 Å². The van der Waals surface area contributed by atoms with E-state index in [0.717, 1.165) is 31.7 Å². The highest BCUT2D eigenvalue weighted by Crippen LogP contribution is 2.11. The van der Waals surface area contributed by atoms with E-state index in [0.29, 0.717) is 10.5 Å². The number of piperazine rings is 1. The molecule has 0 aromatic heterocycles. The molecule has 2 aromatic rings. The zero-order valence-electron chi connectivity index (χ0n) is 13.7. The Balaban J connectivity index is 0.000000186. The first-order valence-electron chi connectivity index (χ1n) is 7.91. The van der Waals surface area contributed by atoms with Crippen molar-refractivity contribution in [3.63, 3.8) is 0 Å². The van der Waals surface area contributed by atoms with E-state index < -0.39 is 5.91 Å². The number of hydrogen-bond acceptors (Lipinski definition) is 5. The zero-order chi connectivity index (χ0) is 18.1. The molecule has 1 saturated heterocycles. The van der Waals surface area contributed by atoms with E-state index >= 15 is 0 Å². The number of amides is 2. The molecule has 2 amide bonds. The average Bonchev–Trinajstić information content (AvgIpc) is 2.69. The summed E-state index contributed by atoms with van der Waals surface area (Å²) in [6.07, 6.45) is 0. The molecule has 1 aliphatic rings. The minimum absolute atomic E-state index is 0.145. The van der Waals surface area contributed by atoms with Gasteiger partial charge in [-0.3, -0.25) is 14.8 Å². The van der Waals surface area contributed by atoms with E-state index in [9.17, 15) is 9.59 Å². The van der Waals surface area contributed by atoms with Crippen LogP contribution >= 0.6 is 12.6 Å². The van der Waals surface area contributed by atoms with Crippen molar-refractivity contribution in [1.29, 1.82) is 0 Å². The molecule has 1 fully saturated rings. The molecule has 1 heterocycles. The molecule has 0 bridgehead atoms. The van der Waals surface area contributed by atoms with Gasteiger partial charge in [-0.15, -0.1) is 12.6 Å². The predicted molar refractivity (Wildman–Crippen MR) is 98.2 cm³/mol. The Hall–Kier alpha value is -2.35. The smallest absolute Gasteiger partial charge is 0.275 e. The summed E-state index contributed by atoms with van der Waals surface area (Å²) < 4.78 is 0. The van der Waals surface area contributed by atoms with Gasteiger partial charge in [0, 0.05) is 36.6 Å². The first-order valence-corrected chi connectivity index (χ1v) is 8.35. The lowest BCUT2D eigenvalue weighted by Crippen LogP contribution is -2.46. The minimum atomic E-state index is -0.546. The molecule has 0 saturated carbocycles. The maximum atomic E-state index is 11.9. The Morgan fingerprint density at radius 2 is 1.60 bits per heavy atom. The van der Waals surface area contributed by atoms with Crippen molar-refractivity contribution >= 4 is 24.4 Å². The van der Waals surface area contributed by atoms with Crippen LogP contribution in [0.2, 0.25) is 0 Å². The summed E-state index contributed by atoms with van der Waals surface area (Å²) in [5.41, 5.74) is 2.68. The highest BCUT2D eigenvalue weighted by atomic mass is 32.1. The predicted octanol–water partition coefficient (Wildman–Crippen LogP) is 1.83. The van der Waals surface area contributed by atoms with Gasteiger partial charge in [0.25, 0.3) is 11.8 Å². The van der Waals surface area contributed by atoms with Crippen molar-refractivity contribution in [2.75, 3.05) is 26.2 Å². The average molecular weight is 359 g/mol. The van der Waals surface area contributed by atoms with Crippen LogP contribution in [0.3, 0.4) is 0 Å². The second kappa shape index (κ2) is 9.83. The van der Waals surface area contributed by atoms with Gasteiger partial charge in [-0.1, -0.05) is 30.3 Å². The molecule has 0 spiro atoms. The van der Waals surface area contributed by atoms with Crippen LogP contribution in [0.25, 0.3) is 0 Å². The van der Waals surface area contributed by atoms with E-state index in [1.807, 2.05) is 35.2 Å². The Bertz CT molecular complexity index is 704. The van der Waals surface area contributed by atoms with Gasteiger partial charge < -0.3 is 10.2 Å². The van der Waals surface area contributed by atoms with Crippen molar-refractivity contribution in [3.05, 3.63) is 65.7 Å².